The van der Waals surface area contributed by atoms with Crippen LogP contribution >= 0.6 is 0 Å². The number of aliphatic hydroxyl groups is 1. The van der Waals surface area contributed by atoms with Gasteiger partial charge < -0.3 is 14.6 Å². The highest BCUT2D eigenvalue weighted by atomic mass is 19.1. The first-order chi connectivity index (χ1) is 19.8. The summed E-state index contributed by atoms with van der Waals surface area (Å²) in [5.74, 6) is -3.27. The van der Waals surface area contributed by atoms with Crippen molar-refractivity contribution in [3.05, 3.63) is 23.8 Å². The van der Waals surface area contributed by atoms with Crippen molar-refractivity contribution in [2.45, 2.75) is 129 Å². The summed E-state index contributed by atoms with van der Waals surface area (Å²) in [5, 5.41) is 12.3. The number of esters is 2. The minimum atomic E-state index is -2.03. The summed E-state index contributed by atoms with van der Waals surface area (Å²) in [6.07, 6.45) is 9.86. The molecule has 4 rings (SSSR count). The number of rotatable bonds is 12. The van der Waals surface area contributed by atoms with Gasteiger partial charge in [0.25, 0.3) is 0 Å². The maximum atomic E-state index is 18.2. The minimum absolute atomic E-state index is 0.0497. The van der Waals surface area contributed by atoms with E-state index in [0.717, 1.165) is 25.7 Å². The molecule has 0 aliphatic heterocycles. The van der Waals surface area contributed by atoms with Crippen molar-refractivity contribution in [3.8, 4) is 0 Å². The van der Waals surface area contributed by atoms with E-state index in [-0.39, 0.29) is 31.0 Å². The van der Waals surface area contributed by atoms with Crippen LogP contribution in [0.25, 0.3) is 0 Å². The number of ketones is 2. The molecule has 0 bridgehead atoms. The third-order valence-electron chi connectivity index (χ3n) is 11.2. The van der Waals surface area contributed by atoms with Crippen molar-refractivity contribution in [3.63, 3.8) is 0 Å². The highest BCUT2D eigenvalue weighted by molar-refractivity contribution is 6.01. The Labute approximate surface area is 249 Å². The van der Waals surface area contributed by atoms with Crippen molar-refractivity contribution < 1.29 is 38.1 Å². The zero-order valence-electron chi connectivity index (χ0n) is 26.0. The average molecular weight is 589 g/mol. The predicted molar refractivity (Wildman–Crippen MR) is 156 cm³/mol. The van der Waals surface area contributed by atoms with Crippen LogP contribution in [0.2, 0.25) is 0 Å². The molecule has 234 valence electrons. The lowest BCUT2D eigenvalue weighted by Crippen LogP contribution is -2.70. The highest BCUT2D eigenvalue weighted by Crippen LogP contribution is 2.71. The first-order valence-electron chi connectivity index (χ1n) is 16.0. The van der Waals surface area contributed by atoms with Gasteiger partial charge in [0.2, 0.25) is 5.78 Å². The number of hydrogen-bond donors (Lipinski definition) is 1. The Kier molecular flexibility index (Phi) is 9.56. The van der Waals surface area contributed by atoms with Gasteiger partial charge in [-0.2, -0.15) is 0 Å². The van der Waals surface area contributed by atoms with Gasteiger partial charge in [-0.15, -0.1) is 0 Å². The smallest absolute Gasteiger partial charge is 0.306 e. The van der Waals surface area contributed by atoms with Crippen LogP contribution in [0.1, 0.15) is 112 Å². The van der Waals surface area contributed by atoms with Gasteiger partial charge >= 0.3 is 11.9 Å². The number of ether oxygens (including phenoxy) is 2. The van der Waals surface area contributed by atoms with E-state index in [0.29, 0.717) is 37.7 Å². The van der Waals surface area contributed by atoms with Crippen LogP contribution < -0.4 is 0 Å². The number of allylic oxidation sites excluding steroid dienone is 4. The van der Waals surface area contributed by atoms with Crippen LogP contribution in [0.15, 0.2) is 23.8 Å². The maximum Gasteiger partial charge on any atom is 0.306 e. The van der Waals surface area contributed by atoms with Crippen molar-refractivity contribution in [1.82, 2.24) is 0 Å². The first kappa shape index (κ1) is 32.6. The van der Waals surface area contributed by atoms with Gasteiger partial charge in [0.05, 0.1) is 0 Å². The molecular formula is C34H49FO7. The van der Waals surface area contributed by atoms with E-state index in [2.05, 4.69) is 0 Å². The number of alkyl halides is 1. The zero-order valence-corrected chi connectivity index (χ0v) is 26.0. The number of hydrogen-bond acceptors (Lipinski definition) is 7. The number of carbonyl (C=O) groups is 4. The molecule has 42 heavy (non-hydrogen) atoms. The molecule has 0 heterocycles. The number of carbonyl (C=O) groups excluding carboxylic acids is 4. The Morgan fingerprint density at radius 1 is 1.02 bits per heavy atom. The Morgan fingerprint density at radius 3 is 2.31 bits per heavy atom. The monoisotopic (exact) mass is 588 g/mol. The van der Waals surface area contributed by atoms with E-state index in [1.807, 2.05) is 20.8 Å². The fourth-order valence-electron chi connectivity index (χ4n) is 8.82. The Bertz CT molecular complexity index is 1140. The minimum Gasteiger partial charge on any atom is -0.459 e. The van der Waals surface area contributed by atoms with E-state index in [1.165, 1.54) is 12.2 Å². The van der Waals surface area contributed by atoms with Gasteiger partial charge in [-0.3, -0.25) is 19.2 Å². The summed E-state index contributed by atoms with van der Waals surface area (Å²) in [5.41, 5.74) is -5.50. The molecule has 1 N–H and O–H groups in total. The van der Waals surface area contributed by atoms with E-state index in [1.54, 1.807) is 19.9 Å². The topological polar surface area (TPSA) is 107 Å². The second-order valence-electron chi connectivity index (χ2n) is 13.6. The van der Waals surface area contributed by atoms with Crippen LogP contribution in [0.4, 0.5) is 4.39 Å². The number of halogens is 1. The molecule has 0 spiro atoms. The molecule has 8 heteroatoms. The second kappa shape index (κ2) is 12.3. The van der Waals surface area contributed by atoms with E-state index in [4.69, 9.17) is 9.47 Å². The summed E-state index contributed by atoms with van der Waals surface area (Å²) in [6, 6.07) is 0. The lowest BCUT2D eigenvalue weighted by molar-refractivity contribution is -0.230. The van der Waals surface area contributed by atoms with Gasteiger partial charge in [-0.1, -0.05) is 65.0 Å². The quantitative estimate of drug-likeness (QED) is 0.215. The van der Waals surface area contributed by atoms with Crippen LogP contribution in [0, 0.1) is 28.6 Å². The summed E-state index contributed by atoms with van der Waals surface area (Å²) < 4.78 is 29.5. The number of unbranched alkanes of at least 4 members (excludes halogenated alkanes) is 4. The van der Waals surface area contributed by atoms with Gasteiger partial charge in [-0.05, 0) is 69.4 Å². The predicted octanol–water partition coefficient (Wildman–Crippen LogP) is 6.16. The lowest BCUT2D eigenvalue weighted by Gasteiger charge is -2.63. The second-order valence-corrected chi connectivity index (χ2v) is 13.6. The van der Waals surface area contributed by atoms with Crippen molar-refractivity contribution in [2.75, 3.05) is 6.61 Å². The molecule has 3 unspecified atom stereocenters. The molecule has 0 saturated heterocycles. The molecule has 0 amide bonds. The largest absolute Gasteiger partial charge is 0.459 e. The Balaban J connectivity index is 1.68. The molecule has 4 aliphatic rings. The highest BCUT2D eigenvalue weighted by Gasteiger charge is 2.76. The molecule has 4 aliphatic carbocycles. The molecule has 3 saturated carbocycles. The summed E-state index contributed by atoms with van der Waals surface area (Å²) in [7, 11) is 0. The van der Waals surface area contributed by atoms with Crippen molar-refractivity contribution in [1.29, 1.82) is 0 Å². The fraction of sp³-hybridized carbons (Fsp3) is 0.765. The van der Waals surface area contributed by atoms with E-state index < -0.39 is 64.4 Å². The third kappa shape index (κ3) is 5.20. The molecule has 0 aromatic rings. The van der Waals surface area contributed by atoms with Crippen LogP contribution in [-0.2, 0) is 28.7 Å². The summed E-state index contributed by atoms with van der Waals surface area (Å²) >= 11 is 0. The average Bonchev–Trinajstić information content (AvgIpc) is 3.14. The Morgan fingerprint density at radius 2 is 1.67 bits per heavy atom. The standard InChI is InChI=1S/C34H49FO7/c1-6-8-10-12-29(38)41-21-27(37)34(40)22(3)18-26-25-15-14-23-19-24(36)16-17-31(23,4)33(25,35)28(20-32(26,34)5)42-30(39)13-11-9-7-2/h16-17,19,22,25-26,28,40H,6-15,18,20-21H2,1-5H3/t22-,25?,26?,28?,31+,32+,33+,34+/m1/s1. The van der Waals surface area contributed by atoms with Gasteiger partial charge in [0, 0.05) is 29.6 Å². The van der Waals surface area contributed by atoms with Gasteiger partial charge in [0.1, 0.15) is 11.7 Å². The van der Waals surface area contributed by atoms with E-state index >= 15 is 4.39 Å². The molecule has 3 fully saturated rings. The molecule has 0 aromatic heterocycles. The van der Waals surface area contributed by atoms with Crippen LogP contribution in [0.3, 0.4) is 0 Å². The van der Waals surface area contributed by atoms with Crippen molar-refractivity contribution >= 4 is 23.5 Å². The normalized spacial score (nSPS) is 38.6. The third-order valence-corrected chi connectivity index (χ3v) is 11.2. The zero-order chi connectivity index (χ0) is 30.9. The molecule has 7 nitrogen and oxygen atoms in total. The molecular weight excluding hydrogens is 539 g/mol. The van der Waals surface area contributed by atoms with Crippen molar-refractivity contribution in [2.24, 2.45) is 28.6 Å². The maximum absolute atomic E-state index is 18.2. The first-order valence-corrected chi connectivity index (χ1v) is 16.0. The SMILES string of the molecule is CCCCCC(=O)OCC(=O)[C@@]1(O)[C@H](C)CC2C3CCC4=CC(=O)C=C[C@]4(C)[C@@]3(F)C(OC(=O)CCCCC)C[C@@]21C. The molecule has 8 atom stereocenters. The van der Waals surface area contributed by atoms with Crippen LogP contribution in [-0.4, -0.2) is 52.6 Å². The van der Waals surface area contributed by atoms with Crippen LogP contribution in [0.5, 0.6) is 0 Å². The summed E-state index contributed by atoms with van der Waals surface area (Å²) in [6.45, 7) is 8.91. The molecule has 0 radical (unpaired) electrons. The molecule has 0 aromatic carbocycles. The number of Topliss-reactive ketones (excluding diaryl/α,β-unsaturated/α-hetero) is 1. The number of fused-ring (bicyclic) bond motifs is 5. The van der Waals surface area contributed by atoms with E-state index in [9.17, 15) is 24.3 Å². The Hall–Kier alpha value is -2.35. The fourth-order valence-corrected chi connectivity index (χ4v) is 8.82. The van der Waals surface area contributed by atoms with Gasteiger partial charge in [-0.25, -0.2) is 4.39 Å². The summed E-state index contributed by atoms with van der Waals surface area (Å²) in [4.78, 5) is 51.4. The lowest BCUT2D eigenvalue weighted by atomic mass is 9.44. The van der Waals surface area contributed by atoms with Gasteiger partial charge in [0.15, 0.2) is 18.1 Å².